The van der Waals surface area contributed by atoms with Crippen molar-refractivity contribution in [1.82, 2.24) is 14.5 Å². The Morgan fingerprint density at radius 1 is 1.03 bits per heavy atom. The number of amides is 1. The highest BCUT2D eigenvalue weighted by Crippen LogP contribution is 2.19. The van der Waals surface area contributed by atoms with Crippen LogP contribution in [-0.2, 0) is 15.8 Å². The molecule has 3 rings (SSSR count). The molecule has 1 heterocycles. The van der Waals surface area contributed by atoms with Gasteiger partial charge in [0.1, 0.15) is 12.4 Å². The van der Waals surface area contributed by atoms with Crippen molar-refractivity contribution in [3.8, 4) is 5.75 Å². The molecule has 31 heavy (non-hydrogen) atoms. The minimum Gasteiger partial charge on any atom is -0.491 e. The molecule has 1 fully saturated rings. The number of carbonyl (C=O) groups is 1. The lowest BCUT2D eigenvalue weighted by molar-refractivity contribution is 0.0947. The summed E-state index contributed by atoms with van der Waals surface area (Å²) in [7, 11) is -1.36. The van der Waals surface area contributed by atoms with E-state index < -0.39 is 10.0 Å². The van der Waals surface area contributed by atoms with Crippen molar-refractivity contribution in [2.75, 3.05) is 46.4 Å². The van der Waals surface area contributed by atoms with Crippen LogP contribution < -0.4 is 10.1 Å². The first-order chi connectivity index (χ1) is 14.7. The molecule has 168 valence electrons. The van der Waals surface area contributed by atoms with Crippen LogP contribution in [0.2, 0.25) is 0 Å². The fraction of sp³-hybridized carbons (Fsp3) is 0.435. The molecule has 0 spiro atoms. The molecule has 0 atom stereocenters. The van der Waals surface area contributed by atoms with E-state index in [1.807, 2.05) is 39.1 Å². The van der Waals surface area contributed by atoms with Gasteiger partial charge in [0.05, 0.1) is 12.3 Å². The van der Waals surface area contributed by atoms with Crippen molar-refractivity contribution in [3.63, 3.8) is 0 Å². The van der Waals surface area contributed by atoms with Gasteiger partial charge in [0, 0.05) is 31.7 Å². The molecule has 2 aromatic rings. The van der Waals surface area contributed by atoms with Crippen LogP contribution >= 0.6 is 0 Å². The van der Waals surface area contributed by atoms with Crippen LogP contribution in [0, 0.1) is 13.8 Å². The number of benzene rings is 2. The summed E-state index contributed by atoms with van der Waals surface area (Å²) < 4.78 is 32.6. The van der Waals surface area contributed by atoms with Gasteiger partial charge in [0.15, 0.2) is 0 Å². The molecule has 1 amide bonds. The van der Waals surface area contributed by atoms with Crippen LogP contribution in [0.3, 0.4) is 0 Å². The number of likely N-dealkylation sites (N-methyl/N-ethyl adjacent to an activating group) is 1. The summed E-state index contributed by atoms with van der Waals surface area (Å²) in [6.07, 6.45) is 0. The lowest BCUT2D eigenvalue weighted by Gasteiger charge is -2.31. The molecule has 1 saturated heterocycles. The summed E-state index contributed by atoms with van der Waals surface area (Å²) in [5, 5.41) is 2.83. The normalized spacial score (nSPS) is 15.6. The number of ether oxygens (including phenoxy) is 1. The first-order valence-electron chi connectivity index (χ1n) is 10.5. The average molecular weight is 446 g/mol. The Kier molecular flexibility index (Phi) is 7.69. The van der Waals surface area contributed by atoms with E-state index in [0.29, 0.717) is 37.4 Å². The van der Waals surface area contributed by atoms with Crippen LogP contribution in [0.25, 0.3) is 0 Å². The van der Waals surface area contributed by atoms with E-state index in [1.165, 1.54) is 0 Å². The van der Waals surface area contributed by atoms with Gasteiger partial charge >= 0.3 is 0 Å². The molecular formula is C23H31N3O4S. The summed E-state index contributed by atoms with van der Waals surface area (Å²) in [4.78, 5) is 14.5. The van der Waals surface area contributed by atoms with Crippen molar-refractivity contribution in [2.45, 2.75) is 19.6 Å². The van der Waals surface area contributed by atoms with Crippen LogP contribution in [0.5, 0.6) is 5.75 Å². The van der Waals surface area contributed by atoms with Crippen molar-refractivity contribution < 1.29 is 17.9 Å². The highest BCUT2D eigenvalue weighted by atomic mass is 32.2. The van der Waals surface area contributed by atoms with Crippen molar-refractivity contribution in [3.05, 3.63) is 64.7 Å². The maximum absolute atomic E-state index is 12.6. The Bertz CT molecular complexity index is 998. The molecule has 0 aliphatic carbocycles. The topological polar surface area (TPSA) is 78.9 Å². The average Bonchev–Trinajstić information content (AvgIpc) is 2.74. The van der Waals surface area contributed by atoms with Gasteiger partial charge in [-0.3, -0.25) is 4.79 Å². The van der Waals surface area contributed by atoms with E-state index in [2.05, 4.69) is 10.2 Å². The number of aryl methyl sites for hydroxylation is 2. The molecule has 0 radical (unpaired) electrons. The molecule has 0 aromatic heterocycles. The Morgan fingerprint density at radius 3 is 2.39 bits per heavy atom. The second-order valence-corrected chi connectivity index (χ2v) is 10.00. The zero-order valence-corrected chi connectivity index (χ0v) is 19.2. The van der Waals surface area contributed by atoms with Crippen LogP contribution in [0.15, 0.2) is 42.5 Å². The fourth-order valence-corrected chi connectivity index (χ4v) is 4.93. The van der Waals surface area contributed by atoms with Crippen LogP contribution in [-0.4, -0.2) is 69.9 Å². The monoisotopic (exact) mass is 445 g/mol. The van der Waals surface area contributed by atoms with Gasteiger partial charge in [-0.2, -0.15) is 4.31 Å². The predicted octanol–water partition coefficient (Wildman–Crippen LogP) is 2.19. The quantitative estimate of drug-likeness (QED) is 0.630. The number of piperazine rings is 1. The van der Waals surface area contributed by atoms with Gasteiger partial charge < -0.3 is 15.0 Å². The van der Waals surface area contributed by atoms with Gasteiger partial charge in [-0.05, 0) is 55.8 Å². The second-order valence-electron chi connectivity index (χ2n) is 8.03. The molecular weight excluding hydrogens is 414 g/mol. The van der Waals surface area contributed by atoms with E-state index >= 15 is 0 Å². The van der Waals surface area contributed by atoms with E-state index in [-0.39, 0.29) is 11.7 Å². The number of nitrogens with one attached hydrogen (secondary N) is 1. The SMILES string of the molecule is Cc1ccc(C)c(OCCNC(=O)c2ccc(CS(=O)(=O)N3CCN(C)CC3)cc2)c1. The van der Waals surface area contributed by atoms with Gasteiger partial charge in [-0.25, -0.2) is 8.42 Å². The number of nitrogens with zero attached hydrogens (tertiary/aromatic N) is 2. The Morgan fingerprint density at radius 2 is 1.71 bits per heavy atom. The molecule has 2 aromatic carbocycles. The Hall–Kier alpha value is -2.42. The number of sulfonamides is 1. The van der Waals surface area contributed by atoms with E-state index in [4.69, 9.17) is 4.74 Å². The van der Waals surface area contributed by atoms with Gasteiger partial charge in [-0.1, -0.05) is 24.3 Å². The minimum absolute atomic E-state index is 0.0533. The molecule has 0 bridgehead atoms. The van der Waals surface area contributed by atoms with E-state index in [0.717, 1.165) is 30.0 Å². The van der Waals surface area contributed by atoms with Gasteiger partial charge in [0.2, 0.25) is 10.0 Å². The Balaban J connectivity index is 1.48. The summed E-state index contributed by atoms with van der Waals surface area (Å²) in [5.41, 5.74) is 3.35. The molecule has 1 aliphatic heterocycles. The standard InChI is InChI=1S/C23H31N3O4S/c1-18-4-5-19(2)22(16-18)30-15-10-24-23(27)21-8-6-20(7-9-21)17-31(28,29)26-13-11-25(3)12-14-26/h4-9,16H,10-15,17H2,1-3H3,(H,24,27). The highest BCUT2D eigenvalue weighted by molar-refractivity contribution is 7.88. The maximum atomic E-state index is 12.6. The summed E-state index contributed by atoms with van der Waals surface area (Å²) in [5.74, 6) is 0.556. The first-order valence-corrected chi connectivity index (χ1v) is 12.1. The third-order valence-corrected chi connectivity index (χ3v) is 7.26. The van der Waals surface area contributed by atoms with Gasteiger partial charge in [0.25, 0.3) is 5.91 Å². The number of rotatable bonds is 8. The molecule has 7 nitrogen and oxygen atoms in total. The first kappa shape index (κ1) is 23.2. The van der Waals surface area contributed by atoms with Crippen LogP contribution in [0.1, 0.15) is 27.0 Å². The number of hydrogen-bond donors (Lipinski definition) is 1. The molecule has 1 N–H and O–H groups in total. The lowest BCUT2D eigenvalue weighted by Crippen LogP contribution is -2.47. The van der Waals surface area contributed by atoms with Crippen molar-refractivity contribution in [2.24, 2.45) is 0 Å². The highest BCUT2D eigenvalue weighted by Gasteiger charge is 2.25. The number of carbonyl (C=O) groups excluding carboxylic acids is 1. The maximum Gasteiger partial charge on any atom is 0.251 e. The van der Waals surface area contributed by atoms with Crippen LogP contribution in [0.4, 0.5) is 0 Å². The van der Waals surface area contributed by atoms with E-state index in [9.17, 15) is 13.2 Å². The predicted molar refractivity (Wildman–Crippen MR) is 122 cm³/mol. The smallest absolute Gasteiger partial charge is 0.251 e. The largest absolute Gasteiger partial charge is 0.491 e. The van der Waals surface area contributed by atoms with Crippen molar-refractivity contribution in [1.29, 1.82) is 0 Å². The summed E-state index contributed by atoms with van der Waals surface area (Å²) in [6.45, 7) is 7.26. The second kappa shape index (κ2) is 10.3. The zero-order chi connectivity index (χ0) is 22.4. The summed E-state index contributed by atoms with van der Waals surface area (Å²) >= 11 is 0. The van der Waals surface area contributed by atoms with E-state index in [1.54, 1.807) is 28.6 Å². The Labute approximate surface area is 185 Å². The third kappa shape index (κ3) is 6.53. The van der Waals surface area contributed by atoms with Gasteiger partial charge in [-0.15, -0.1) is 0 Å². The molecule has 8 heteroatoms. The third-order valence-electron chi connectivity index (χ3n) is 5.41. The molecule has 0 unspecified atom stereocenters. The molecule has 0 saturated carbocycles. The lowest BCUT2D eigenvalue weighted by atomic mass is 10.1. The number of hydrogen-bond acceptors (Lipinski definition) is 5. The summed E-state index contributed by atoms with van der Waals surface area (Å²) in [6, 6.07) is 12.8. The fourth-order valence-electron chi connectivity index (χ4n) is 3.41. The zero-order valence-electron chi connectivity index (χ0n) is 18.4. The minimum atomic E-state index is -3.35. The molecule has 1 aliphatic rings. The van der Waals surface area contributed by atoms with Crippen molar-refractivity contribution >= 4 is 15.9 Å².